The zero-order chi connectivity index (χ0) is 8.32. The van der Waals surface area contributed by atoms with Gasteiger partial charge >= 0.3 is 0 Å². The van der Waals surface area contributed by atoms with Crippen molar-refractivity contribution in [2.75, 3.05) is 19.8 Å². The van der Waals surface area contributed by atoms with Gasteiger partial charge in [0.25, 0.3) is 0 Å². The largest absolute Gasteiger partial charge is 0.396 e. The lowest BCUT2D eigenvalue weighted by Gasteiger charge is -2.25. The van der Waals surface area contributed by atoms with E-state index in [1.807, 2.05) is 0 Å². The third-order valence-electron chi connectivity index (χ3n) is 2.13. The van der Waals surface area contributed by atoms with Crippen LogP contribution in [0.1, 0.15) is 12.8 Å². The summed E-state index contributed by atoms with van der Waals surface area (Å²) >= 11 is 0. The summed E-state index contributed by atoms with van der Waals surface area (Å²) in [5, 5.41) is 17.4. The van der Waals surface area contributed by atoms with E-state index in [1.54, 1.807) is 0 Å². The highest BCUT2D eigenvalue weighted by atomic mass is 16.6. The highest BCUT2D eigenvalue weighted by Crippen LogP contribution is 2.27. The summed E-state index contributed by atoms with van der Waals surface area (Å²) in [5.74, 6) is 0. The van der Waals surface area contributed by atoms with Crippen LogP contribution in [-0.4, -0.2) is 41.7 Å². The number of hydrogen-bond donors (Lipinski definition) is 3. The Bertz CT molecular complexity index is 119. The monoisotopic (exact) mass is 161 g/mol. The first-order chi connectivity index (χ1) is 5.23. The van der Waals surface area contributed by atoms with Gasteiger partial charge in [-0.2, -0.15) is 0 Å². The number of epoxide rings is 1. The zero-order valence-corrected chi connectivity index (χ0v) is 6.49. The Morgan fingerprint density at radius 1 is 1.36 bits per heavy atom. The van der Waals surface area contributed by atoms with Crippen molar-refractivity contribution >= 4 is 0 Å². The van der Waals surface area contributed by atoms with Crippen LogP contribution in [0.15, 0.2) is 0 Å². The van der Waals surface area contributed by atoms with Crippen molar-refractivity contribution in [1.29, 1.82) is 0 Å². The molecule has 1 saturated heterocycles. The molecule has 1 aliphatic heterocycles. The van der Waals surface area contributed by atoms with Crippen molar-refractivity contribution < 1.29 is 14.9 Å². The maximum atomic E-state index is 8.69. The van der Waals surface area contributed by atoms with E-state index in [1.165, 1.54) is 0 Å². The van der Waals surface area contributed by atoms with Crippen molar-refractivity contribution in [3.8, 4) is 0 Å². The number of aliphatic hydroxyl groups is 2. The van der Waals surface area contributed by atoms with E-state index in [2.05, 4.69) is 0 Å². The number of nitrogens with two attached hydrogens (primary N) is 1. The molecule has 1 rings (SSSR count). The molecular weight excluding hydrogens is 146 g/mol. The fourth-order valence-corrected chi connectivity index (χ4v) is 1.24. The molecule has 0 bridgehead atoms. The van der Waals surface area contributed by atoms with Crippen LogP contribution in [-0.2, 0) is 4.74 Å². The minimum absolute atomic E-state index is 0.0433. The summed E-state index contributed by atoms with van der Waals surface area (Å²) in [6.07, 6.45) is 1.04. The Kier molecular flexibility index (Phi) is 2.84. The van der Waals surface area contributed by atoms with Crippen molar-refractivity contribution in [2.24, 2.45) is 5.73 Å². The van der Waals surface area contributed by atoms with Crippen molar-refractivity contribution in [2.45, 2.75) is 24.5 Å². The molecular formula is C7H15NO3. The Morgan fingerprint density at radius 2 is 1.82 bits per heavy atom. The third kappa shape index (κ3) is 2.13. The lowest BCUT2D eigenvalue weighted by atomic mass is 9.90. The lowest BCUT2D eigenvalue weighted by molar-refractivity contribution is 0.164. The molecule has 4 N–H and O–H groups in total. The summed E-state index contributed by atoms with van der Waals surface area (Å²) in [4.78, 5) is 0. The van der Waals surface area contributed by atoms with E-state index in [0.717, 1.165) is 0 Å². The van der Waals surface area contributed by atoms with E-state index < -0.39 is 5.54 Å². The molecule has 66 valence electrons. The highest BCUT2D eigenvalue weighted by Gasteiger charge is 2.42. The summed E-state index contributed by atoms with van der Waals surface area (Å²) in [6, 6.07) is 0. The van der Waals surface area contributed by atoms with Gasteiger partial charge in [-0.25, -0.2) is 0 Å². The lowest BCUT2D eigenvalue weighted by Crippen LogP contribution is -2.47. The smallest absolute Gasteiger partial charge is 0.0990 e. The van der Waals surface area contributed by atoms with Crippen LogP contribution in [0.25, 0.3) is 0 Å². The molecule has 0 amide bonds. The summed E-state index contributed by atoms with van der Waals surface area (Å²) in [7, 11) is 0. The van der Waals surface area contributed by atoms with Crippen LogP contribution in [0.2, 0.25) is 0 Å². The van der Waals surface area contributed by atoms with Crippen LogP contribution in [0.3, 0.4) is 0 Å². The van der Waals surface area contributed by atoms with E-state index >= 15 is 0 Å². The predicted molar refractivity (Wildman–Crippen MR) is 40.1 cm³/mol. The fraction of sp³-hybridized carbons (Fsp3) is 1.00. The van der Waals surface area contributed by atoms with Gasteiger partial charge < -0.3 is 20.7 Å². The van der Waals surface area contributed by atoms with Gasteiger partial charge in [-0.1, -0.05) is 0 Å². The maximum Gasteiger partial charge on any atom is 0.0990 e. The number of rotatable bonds is 5. The molecule has 0 aromatic carbocycles. The molecule has 1 atom stereocenters. The number of ether oxygens (including phenoxy) is 1. The zero-order valence-electron chi connectivity index (χ0n) is 6.49. The first-order valence-electron chi connectivity index (χ1n) is 3.85. The van der Waals surface area contributed by atoms with Crippen LogP contribution in [0, 0.1) is 0 Å². The Labute approximate surface area is 66.0 Å². The van der Waals surface area contributed by atoms with E-state index in [0.29, 0.717) is 19.4 Å². The second kappa shape index (κ2) is 3.49. The van der Waals surface area contributed by atoms with Gasteiger partial charge in [0, 0.05) is 18.8 Å². The second-order valence-corrected chi connectivity index (χ2v) is 3.00. The summed E-state index contributed by atoms with van der Waals surface area (Å²) < 4.78 is 5.03. The van der Waals surface area contributed by atoms with Crippen molar-refractivity contribution in [3.63, 3.8) is 0 Å². The number of aliphatic hydroxyl groups excluding tert-OH is 2. The molecule has 11 heavy (non-hydrogen) atoms. The van der Waals surface area contributed by atoms with Crippen LogP contribution in [0.5, 0.6) is 0 Å². The fourth-order valence-electron chi connectivity index (χ4n) is 1.24. The maximum absolute atomic E-state index is 8.69. The predicted octanol–water partition coefficient (Wildman–Crippen LogP) is -1.15. The summed E-state index contributed by atoms with van der Waals surface area (Å²) in [6.45, 7) is 0.767. The average Bonchev–Trinajstić information content (AvgIpc) is 2.68. The molecule has 0 aliphatic carbocycles. The molecule has 0 unspecified atom stereocenters. The van der Waals surface area contributed by atoms with Gasteiger partial charge in [-0.3, -0.25) is 0 Å². The molecule has 0 saturated carbocycles. The Hall–Kier alpha value is -0.160. The Morgan fingerprint density at radius 3 is 2.09 bits per heavy atom. The topological polar surface area (TPSA) is 79.0 Å². The third-order valence-corrected chi connectivity index (χ3v) is 2.13. The van der Waals surface area contributed by atoms with Gasteiger partial charge in [0.2, 0.25) is 0 Å². The van der Waals surface area contributed by atoms with Crippen molar-refractivity contribution in [3.05, 3.63) is 0 Å². The van der Waals surface area contributed by atoms with Gasteiger partial charge in [-0.15, -0.1) is 0 Å². The van der Waals surface area contributed by atoms with Gasteiger partial charge in [-0.05, 0) is 12.8 Å². The Balaban J connectivity index is 2.39. The standard InChI is InChI=1S/C7H15NO3/c8-7(1-3-9,2-4-10)6-5-11-6/h6,9-10H,1-5,8H2/t6-/m0/s1. The SMILES string of the molecule is NC(CCO)(CCO)[C@@H]1CO1. The highest BCUT2D eigenvalue weighted by molar-refractivity contribution is 4.97. The molecule has 1 heterocycles. The second-order valence-electron chi connectivity index (χ2n) is 3.00. The first kappa shape index (κ1) is 8.93. The average molecular weight is 161 g/mol. The van der Waals surface area contributed by atoms with Crippen LogP contribution >= 0.6 is 0 Å². The molecule has 0 spiro atoms. The summed E-state index contributed by atoms with van der Waals surface area (Å²) in [5.41, 5.74) is 5.37. The normalized spacial score (nSPS) is 23.7. The molecule has 0 aromatic rings. The van der Waals surface area contributed by atoms with Crippen LogP contribution in [0.4, 0.5) is 0 Å². The van der Waals surface area contributed by atoms with Crippen molar-refractivity contribution in [1.82, 2.24) is 0 Å². The van der Waals surface area contributed by atoms with Crippen LogP contribution < -0.4 is 5.73 Å². The van der Waals surface area contributed by atoms with Gasteiger partial charge in [0.1, 0.15) is 0 Å². The molecule has 4 heteroatoms. The van der Waals surface area contributed by atoms with E-state index in [9.17, 15) is 0 Å². The molecule has 1 aliphatic rings. The molecule has 4 nitrogen and oxygen atoms in total. The first-order valence-corrected chi connectivity index (χ1v) is 3.85. The van der Waals surface area contributed by atoms with E-state index in [4.69, 9.17) is 20.7 Å². The van der Waals surface area contributed by atoms with Gasteiger partial charge in [0.15, 0.2) is 0 Å². The number of hydrogen-bond acceptors (Lipinski definition) is 4. The minimum Gasteiger partial charge on any atom is -0.396 e. The molecule has 1 fully saturated rings. The molecule has 0 radical (unpaired) electrons. The van der Waals surface area contributed by atoms with E-state index in [-0.39, 0.29) is 19.3 Å². The quantitative estimate of drug-likeness (QED) is 0.445. The van der Waals surface area contributed by atoms with Gasteiger partial charge in [0.05, 0.1) is 12.7 Å². The minimum atomic E-state index is -0.510. The molecule has 0 aromatic heterocycles.